The molecule has 1 heterocycles. The lowest BCUT2D eigenvalue weighted by atomic mass is 10.0. The van der Waals surface area contributed by atoms with Gasteiger partial charge in [-0.15, -0.1) is 0 Å². The highest BCUT2D eigenvalue weighted by molar-refractivity contribution is 5.78. The summed E-state index contributed by atoms with van der Waals surface area (Å²) < 4.78 is 0. The zero-order valence-electron chi connectivity index (χ0n) is 11.7. The molecule has 102 valence electrons. The third kappa shape index (κ3) is 3.56. The van der Waals surface area contributed by atoms with Gasteiger partial charge >= 0.3 is 0 Å². The molecule has 0 aliphatic carbocycles. The lowest BCUT2D eigenvalue weighted by Gasteiger charge is -2.15. The molecule has 0 aliphatic rings. The van der Waals surface area contributed by atoms with E-state index < -0.39 is 0 Å². The van der Waals surface area contributed by atoms with Gasteiger partial charge in [0.25, 0.3) is 5.56 Å². The molecule has 2 N–H and O–H groups in total. The second-order valence-electron chi connectivity index (χ2n) is 5.45. The third-order valence-electron chi connectivity index (χ3n) is 3.17. The number of para-hydroxylation sites is 1. The summed E-state index contributed by atoms with van der Waals surface area (Å²) in [5.41, 5.74) is 0.633. The number of rotatable bonds is 5. The van der Waals surface area contributed by atoms with Crippen molar-refractivity contribution in [2.45, 2.75) is 39.7 Å². The van der Waals surface area contributed by atoms with Crippen molar-refractivity contribution in [2.24, 2.45) is 5.92 Å². The van der Waals surface area contributed by atoms with Gasteiger partial charge in [0.2, 0.25) is 5.95 Å². The number of aromatic nitrogens is 2. The van der Waals surface area contributed by atoms with Crippen LogP contribution in [-0.4, -0.2) is 16.0 Å². The molecule has 0 saturated carbocycles. The molecule has 1 aromatic carbocycles. The predicted octanol–water partition coefficient (Wildman–Crippen LogP) is 3.16. The highest BCUT2D eigenvalue weighted by Gasteiger charge is 2.07. The summed E-state index contributed by atoms with van der Waals surface area (Å²) >= 11 is 0. The summed E-state index contributed by atoms with van der Waals surface area (Å²) in [4.78, 5) is 19.1. The Balaban J connectivity index is 2.15. The van der Waals surface area contributed by atoms with Crippen LogP contribution in [-0.2, 0) is 0 Å². The van der Waals surface area contributed by atoms with Gasteiger partial charge in [0, 0.05) is 6.04 Å². The van der Waals surface area contributed by atoms with Crippen LogP contribution in [0.4, 0.5) is 5.95 Å². The van der Waals surface area contributed by atoms with E-state index >= 15 is 0 Å². The van der Waals surface area contributed by atoms with Crippen LogP contribution in [0.15, 0.2) is 29.1 Å². The van der Waals surface area contributed by atoms with Gasteiger partial charge in [-0.3, -0.25) is 9.78 Å². The molecule has 1 atom stereocenters. The number of H-pyrrole nitrogens is 1. The SMILES string of the molecule is CC(C)CCC(C)Nc1nc2ccccc2c(=O)[nH]1. The van der Waals surface area contributed by atoms with Crippen molar-refractivity contribution in [1.29, 1.82) is 0 Å². The molecule has 0 aliphatic heterocycles. The quantitative estimate of drug-likeness (QED) is 0.867. The first kappa shape index (κ1) is 13.6. The van der Waals surface area contributed by atoms with Crippen LogP contribution in [0.1, 0.15) is 33.6 Å². The summed E-state index contributed by atoms with van der Waals surface area (Å²) in [5.74, 6) is 1.24. The van der Waals surface area contributed by atoms with Crippen LogP contribution in [0, 0.1) is 5.92 Å². The summed E-state index contributed by atoms with van der Waals surface area (Å²) in [5, 5.41) is 3.89. The molecule has 1 aromatic heterocycles. The van der Waals surface area contributed by atoms with Gasteiger partial charge in [-0.2, -0.15) is 0 Å². The second-order valence-corrected chi connectivity index (χ2v) is 5.45. The monoisotopic (exact) mass is 259 g/mol. The van der Waals surface area contributed by atoms with E-state index in [4.69, 9.17) is 0 Å². The lowest BCUT2D eigenvalue weighted by molar-refractivity contribution is 0.526. The summed E-state index contributed by atoms with van der Waals surface area (Å²) in [6.45, 7) is 6.53. The number of nitrogens with zero attached hydrogens (tertiary/aromatic N) is 1. The summed E-state index contributed by atoms with van der Waals surface area (Å²) in [6, 6.07) is 7.67. The third-order valence-corrected chi connectivity index (χ3v) is 3.17. The van der Waals surface area contributed by atoms with Crippen molar-refractivity contribution >= 4 is 16.9 Å². The molecule has 0 spiro atoms. The maximum atomic E-state index is 11.9. The minimum atomic E-state index is -0.0934. The molecule has 19 heavy (non-hydrogen) atoms. The number of anilines is 1. The standard InChI is InChI=1S/C15H21N3O/c1-10(2)8-9-11(3)16-15-17-13-7-5-4-6-12(13)14(19)18-15/h4-7,10-11H,8-9H2,1-3H3,(H2,16,17,18,19). The molecule has 2 aromatic rings. The minimum Gasteiger partial charge on any atom is -0.353 e. The highest BCUT2D eigenvalue weighted by Crippen LogP contribution is 2.12. The topological polar surface area (TPSA) is 57.8 Å². The molecular formula is C15H21N3O. The fourth-order valence-electron chi connectivity index (χ4n) is 2.04. The minimum absolute atomic E-state index is 0.0934. The fourth-order valence-corrected chi connectivity index (χ4v) is 2.04. The van der Waals surface area contributed by atoms with E-state index in [1.165, 1.54) is 0 Å². The lowest BCUT2D eigenvalue weighted by Crippen LogP contribution is -2.20. The van der Waals surface area contributed by atoms with Gasteiger partial charge < -0.3 is 5.32 Å². The Morgan fingerprint density at radius 1 is 1.21 bits per heavy atom. The Morgan fingerprint density at radius 3 is 2.68 bits per heavy atom. The zero-order chi connectivity index (χ0) is 13.8. The van der Waals surface area contributed by atoms with Crippen LogP contribution < -0.4 is 10.9 Å². The Hall–Kier alpha value is -1.84. The van der Waals surface area contributed by atoms with Crippen LogP contribution >= 0.6 is 0 Å². The van der Waals surface area contributed by atoms with Crippen LogP contribution in [0.3, 0.4) is 0 Å². The highest BCUT2D eigenvalue weighted by atomic mass is 16.1. The van der Waals surface area contributed by atoms with Gasteiger partial charge in [-0.1, -0.05) is 26.0 Å². The van der Waals surface area contributed by atoms with E-state index in [0.29, 0.717) is 23.3 Å². The van der Waals surface area contributed by atoms with Gasteiger partial charge in [0.1, 0.15) is 0 Å². The predicted molar refractivity (Wildman–Crippen MR) is 79.5 cm³/mol. The van der Waals surface area contributed by atoms with E-state index in [1.54, 1.807) is 6.07 Å². The van der Waals surface area contributed by atoms with Crippen molar-refractivity contribution < 1.29 is 0 Å². The first-order valence-electron chi connectivity index (χ1n) is 6.82. The van der Waals surface area contributed by atoms with Crippen molar-refractivity contribution in [3.63, 3.8) is 0 Å². The smallest absolute Gasteiger partial charge is 0.260 e. The molecule has 0 radical (unpaired) electrons. The van der Waals surface area contributed by atoms with Gasteiger partial charge in [0.05, 0.1) is 10.9 Å². The molecule has 0 amide bonds. The number of benzene rings is 1. The van der Waals surface area contributed by atoms with Gasteiger partial charge in [0.15, 0.2) is 0 Å². The average molecular weight is 259 g/mol. The summed E-state index contributed by atoms with van der Waals surface area (Å²) in [7, 11) is 0. The molecule has 1 unspecified atom stereocenters. The average Bonchev–Trinajstić information content (AvgIpc) is 2.36. The molecule has 0 bridgehead atoms. The number of nitrogens with one attached hydrogen (secondary N) is 2. The number of hydrogen-bond acceptors (Lipinski definition) is 3. The molecular weight excluding hydrogens is 238 g/mol. The Morgan fingerprint density at radius 2 is 1.95 bits per heavy atom. The van der Waals surface area contributed by atoms with E-state index in [0.717, 1.165) is 18.4 Å². The fraction of sp³-hybridized carbons (Fsp3) is 0.467. The Bertz CT molecular complexity index is 604. The number of hydrogen-bond donors (Lipinski definition) is 2. The Kier molecular flexibility index (Phi) is 4.20. The van der Waals surface area contributed by atoms with Crippen LogP contribution in [0.25, 0.3) is 10.9 Å². The zero-order valence-corrected chi connectivity index (χ0v) is 11.7. The van der Waals surface area contributed by atoms with Crippen LogP contribution in [0.2, 0.25) is 0 Å². The second kappa shape index (κ2) is 5.87. The van der Waals surface area contributed by atoms with Crippen molar-refractivity contribution in [3.05, 3.63) is 34.6 Å². The van der Waals surface area contributed by atoms with E-state index in [-0.39, 0.29) is 5.56 Å². The van der Waals surface area contributed by atoms with E-state index in [9.17, 15) is 4.79 Å². The molecule has 0 fully saturated rings. The van der Waals surface area contributed by atoms with E-state index in [2.05, 4.69) is 36.1 Å². The normalized spacial score (nSPS) is 12.8. The maximum absolute atomic E-state index is 11.9. The Labute approximate surface area is 113 Å². The van der Waals surface area contributed by atoms with Crippen molar-refractivity contribution in [2.75, 3.05) is 5.32 Å². The summed E-state index contributed by atoms with van der Waals surface area (Å²) in [6.07, 6.45) is 2.22. The van der Waals surface area contributed by atoms with E-state index in [1.807, 2.05) is 18.2 Å². The molecule has 0 saturated heterocycles. The van der Waals surface area contributed by atoms with Crippen molar-refractivity contribution in [3.8, 4) is 0 Å². The molecule has 2 rings (SSSR count). The largest absolute Gasteiger partial charge is 0.353 e. The molecule has 4 nitrogen and oxygen atoms in total. The number of fused-ring (bicyclic) bond motifs is 1. The van der Waals surface area contributed by atoms with Crippen LogP contribution in [0.5, 0.6) is 0 Å². The first-order chi connectivity index (χ1) is 9.06. The first-order valence-corrected chi connectivity index (χ1v) is 6.82. The maximum Gasteiger partial charge on any atom is 0.260 e. The van der Waals surface area contributed by atoms with Gasteiger partial charge in [-0.05, 0) is 37.8 Å². The molecule has 4 heteroatoms. The number of aromatic amines is 1. The van der Waals surface area contributed by atoms with Gasteiger partial charge in [-0.25, -0.2) is 4.98 Å². The van der Waals surface area contributed by atoms with Crippen molar-refractivity contribution in [1.82, 2.24) is 9.97 Å².